The van der Waals surface area contributed by atoms with Crippen molar-refractivity contribution in [3.8, 4) is 0 Å². The number of benzene rings is 2. The maximum Gasteiger partial charge on any atom is 0.207 e. The Balaban J connectivity index is 2.65. The van der Waals surface area contributed by atoms with E-state index in [-0.39, 0.29) is 5.96 Å². The van der Waals surface area contributed by atoms with Gasteiger partial charge in [0.05, 0.1) is 5.69 Å². The first-order valence-electron chi connectivity index (χ1n) is 4.57. The highest BCUT2D eigenvalue weighted by molar-refractivity contribution is 6.02. The molecule has 76 valence electrons. The number of hydrazine groups is 1. The van der Waals surface area contributed by atoms with Crippen molar-refractivity contribution in [1.29, 1.82) is 5.41 Å². The molecular formula is C11H12N4. The van der Waals surface area contributed by atoms with E-state index in [2.05, 4.69) is 0 Å². The average Bonchev–Trinajstić information content (AvgIpc) is 2.27. The molecule has 0 amide bonds. The molecule has 5 N–H and O–H groups in total. The molecule has 0 atom stereocenters. The standard InChI is InChI=1S/C11H12N4/c12-11(13)15(14)10-7-3-5-8-4-1-2-6-9(8)10/h1-7H,14H2,(H3,12,13). The minimum atomic E-state index is -0.175. The largest absolute Gasteiger partial charge is 0.369 e. The molecule has 0 fully saturated rings. The van der Waals surface area contributed by atoms with E-state index in [9.17, 15) is 0 Å². The van der Waals surface area contributed by atoms with Crippen LogP contribution in [-0.4, -0.2) is 5.96 Å². The number of fused-ring (bicyclic) bond motifs is 1. The maximum absolute atomic E-state index is 7.29. The third kappa shape index (κ3) is 1.62. The van der Waals surface area contributed by atoms with Crippen molar-refractivity contribution < 1.29 is 0 Å². The molecule has 2 aromatic carbocycles. The number of rotatable bonds is 1. The number of hydrogen-bond acceptors (Lipinski definition) is 2. The fourth-order valence-corrected chi connectivity index (χ4v) is 1.55. The smallest absolute Gasteiger partial charge is 0.207 e. The predicted molar refractivity (Wildman–Crippen MR) is 62.5 cm³/mol. The second-order valence-electron chi connectivity index (χ2n) is 3.25. The molecule has 0 spiro atoms. The number of nitrogens with two attached hydrogens (primary N) is 2. The number of anilines is 1. The number of guanidine groups is 1. The van der Waals surface area contributed by atoms with Crippen LogP contribution in [0.1, 0.15) is 0 Å². The van der Waals surface area contributed by atoms with Gasteiger partial charge in [0.25, 0.3) is 0 Å². The van der Waals surface area contributed by atoms with Gasteiger partial charge in [0.2, 0.25) is 5.96 Å². The fourth-order valence-electron chi connectivity index (χ4n) is 1.55. The summed E-state index contributed by atoms with van der Waals surface area (Å²) in [6.45, 7) is 0. The van der Waals surface area contributed by atoms with Crippen LogP contribution in [0, 0.1) is 5.41 Å². The lowest BCUT2D eigenvalue weighted by Crippen LogP contribution is -2.42. The van der Waals surface area contributed by atoms with Crippen molar-refractivity contribution in [2.24, 2.45) is 11.6 Å². The number of hydrogen-bond donors (Lipinski definition) is 3. The lowest BCUT2D eigenvalue weighted by atomic mass is 10.1. The van der Waals surface area contributed by atoms with Gasteiger partial charge in [-0.2, -0.15) is 0 Å². The SMILES string of the molecule is N=C(N)N(N)c1cccc2ccccc12. The van der Waals surface area contributed by atoms with Crippen LogP contribution >= 0.6 is 0 Å². The van der Waals surface area contributed by atoms with Gasteiger partial charge < -0.3 is 5.73 Å². The zero-order chi connectivity index (χ0) is 10.8. The first-order chi connectivity index (χ1) is 7.20. The lowest BCUT2D eigenvalue weighted by Gasteiger charge is -2.17. The number of nitrogens with one attached hydrogen (secondary N) is 1. The molecule has 0 bridgehead atoms. The molecule has 0 aliphatic heterocycles. The monoisotopic (exact) mass is 200 g/mol. The van der Waals surface area contributed by atoms with E-state index in [0.717, 1.165) is 16.5 Å². The summed E-state index contributed by atoms with van der Waals surface area (Å²) >= 11 is 0. The Morgan fingerprint density at radius 2 is 1.73 bits per heavy atom. The van der Waals surface area contributed by atoms with E-state index in [1.54, 1.807) is 0 Å². The quantitative estimate of drug-likeness (QED) is 0.282. The molecule has 4 nitrogen and oxygen atoms in total. The first kappa shape index (κ1) is 9.48. The Morgan fingerprint density at radius 3 is 2.47 bits per heavy atom. The van der Waals surface area contributed by atoms with Gasteiger partial charge >= 0.3 is 0 Å². The Bertz CT molecular complexity index is 501. The molecule has 2 aromatic rings. The van der Waals surface area contributed by atoms with Crippen molar-refractivity contribution in [1.82, 2.24) is 0 Å². The van der Waals surface area contributed by atoms with Gasteiger partial charge in [-0.3, -0.25) is 5.41 Å². The summed E-state index contributed by atoms with van der Waals surface area (Å²) in [5, 5.41) is 10.5. The third-order valence-corrected chi connectivity index (χ3v) is 2.29. The van der Waals surface area contributed by atoms with Crippen molar-refractivity contribution in [3.05, 3.63) is 42.5 Å². The van der Waals surface area contributed by atoms with Gasteiger partial charge in [-0.05, 0) is 11.5 Å². The molecule has 0 aromatic heterocycles. The Kier molecular flexibility index (Phi) is 2.27. The summed E-state index contributed by atoms with van der Waals surface area (Å²) < 4.78 is 0. The van der Waals surface area contributed by atoms with Crippen LogP contribution in [0.5, 0.6) is 0 Å². The summed E-state index contributed by atoms with van der Waals surface area (Å²) in [4.78, 5) is 0. The second kappa shape index (κ2) is 3.59. The highest BCUT2D eigenvalue weighted by Crippen LogP contribution is 2.24. The summed E-state index contributed by atoms with van der Waals surface area (Å²) in [5.41, 5.74) is 6.08. The molecule has 0 radical (unpaired) electrons. The zero-order valence-corrected chi connectivity index (χ0v) is 8.14. The van der Waals surface area contributed by atoms with Crippen molar-refractivity contribution in [2.45, 2.75) is 0 Å². The zero-order valence-electron chi connectivity index (χ0n) is 8.14. The summed E-state index contributed by atoms with van der Waals surface area (Å²) in [5.74, 6) is 5.51. The van der Waals surface area contributed by atoms with Crippen LogP contribution in [0.15, 0.2) is 42.5 Å². The summed E-state index contributed by atoms with van der Waals surface area (Å²) in [6, 6.07) is 13.6. The van der Waals surface area contributed by atoms with E-state index in [1.807, 2.05) is 42.5 Å². The summed E-state index contributed by atoms with van der Waals surface area (Å²) in [7, 11) is 0. The summed E-state index contributed by atoms with van der Waals surface area (Å²) in [6.07, 6.45) is 0. The lowest BCUT2D eigenvalue weighted by molar-refractivity contribution is 1.10. The van der Waals surface area contributed by atoms with Crippen molar-refractivity contribution in [3.63, 3.8) is 0 Å². The van der Waals surface area contributed by atoms with Crippen LogP contribution in [0.3, 0.4) is 0 Å². The first-order valence-corrected chi connectivity index (χ1v) is 4.57. The molecule has 0 saturated carbocycles. The Hall–Kier alpha value is -2.07. The average molecular weight is 200 g/mol. The second-order valence-corrected chi connectivity index (χ2v) is 3.25. The van der Waals surface area contributed by atoms with Crippen LogP contribution in [-0.2, 0) is 0 Å². The van der Waals surface area contributed by atoms with E-state index >= 15 is 0 Å². The maximum atomic E-state index is 7.29. The topological polar surface area (TPSA) is 79.1 Å². The van der Waals surface area contributed by atoms with E-state index < -0.39 is 0 Å². The van der Waals surface area contributed by atoms with Crippen LogP contribution in [0.2, 0.25) is 0 Å². The van der Waals surface area contributed by atoms with E-state index in [1.165, 1.54) is 5.01 Å². The molecule has 0 aliphatic carbocycles. The van der Waals surface area contributed by atoms with Gasteiger partial charge in [0, 0.05) is 5.39 Å². The van der Waals surface area contributed by atoms with Crippen LogP contribution < -0.4 is 16.6 Å². The molecule has 15 heavy (non-hydrogen) atoms. The number of nitrogens with zero attached hydrogens (tertiary/aromatic N) is 1. The van der Waals surface area contributed by atoms with Gasteiger partial charge in [0.1, 0.15) is 0 Å². The Labute approximate surface area is 87.6 Å². The molecule has 4 heteroatoms. The third-order valence-electron chi connectivity index (χ3n) is 2.29. The van der Waals surface area contributed by atoms with Crippen LogP contribution in [0.4, 0.5) is 5.69 Å². The molecular weight excluding hydrogens is 188 g/mol. The minimum Gasteiger partial charge on any atom is -0.369 e. The van der Waals surface area contributed by atoms with Crippen molar-refractivity contribution >= 4 is 22.4 Å². The molecule has 0 heterocycles. The molecule has 0 aliphatic rings. The highest BCUT2D eigenvalue weighted by atomic mass is 15.5. The van der Waals surface area contributed by atoms with Crippen molar-refractivity contribution in [2.75, 3.05) is 5.01 Å². The fraction of sp³-hybridized carbons (Fsp3) is 0. The molecule has 0 saturated heterocycles. The highest BCUT2D eigenvalue weighted by Gasteiger charge is 2.07. The van der Waals surface area contributed by atoms with Gasteiger partial charge in [-0.1, -0.05) is 36.4 Å². The Morgan fingerprint density at radius 1 is 1.07 bits per heavy atom. The van der Waals surface area contributed by atoms with Gasteiger partial charge in [0.15, 0.2) is 0 Å². The van der Waals surface area contributed by atoms with Crippen LogP contribution in [0.25, 0.3) is 10.8 Å². The van der Waals surface area contributed by atoms with E-state index in [0.29, 0.717) is 0 Å². The normalized spacial score (nSPS) is 10.2. The molecule has 0 unspecified atom stereocenters. The predicted octanol–water partition coefficient (Wildman–Crippen LogP) is 1.41. The molecule has 2 rings (SSSR count). The van der Waals surface area contributed by atoms with E-state index in [4.69, 9.17) is 17.0 Å². The van der Waals surface area contributed by atoms with Gasteiger partial charge in [-0.15, -0.1) is 0 Å². The minimum absolute atomic E-state index is 0.175. The van der Waals surface area contributed by atoms with Gasteiger partial charge in [-0.25, -0.2) is 10.9 Å².